The third kappa shape index (κ3) is 4.89. The Kier molecular flexibility index (Phi) is 6.61. The maximum absolute atomic E-state index is 13.4. The molecule has 1 unspecified atom stereocenters. The maximum Gasteiger partial charge on any atom is 0.257 e. The summed E-state index contributed by atoms with van der Waals surface area (Å²) < 4.78 is 25.3. The molecule has 3 rings (SSSR count). The molecule has 0 spiro atoms. The van der Waals surface area contributed by atoms with E-state index in [1.54, 1.807) is 20.9 Å². The van der Waals surface area contributed by atoms with Crippen molar-refractivity contribution in [3.63, 3.8) is 0 Å². The van der Waals surface area contributed by atoms with Crippen LogP contribution in [0.3, 0.4) is 0 Å². The van der Waals surface area contributed by atoms with Crippen LogP contribution < -0.4 is 4.90 Å². The van der Waals surface area contributed by atoms with Gasteiger partial charge in [0, 0.05) is 72.4 Å². The van der Waals surface area contributed by atoms with Crippen LogP contribution in [0.2, 0.25) is 0 Å². The second kappa shape index (κ2) is 8.84. The summed E-state index contributed by atoms with van der Waals surface area (Å²) in [4.78, 5) is 39.3. The van der Waals surface area contributed by atoms with Gasteiger partial charge in [-0.2, -0.15) is 0 Å². The molecule has 1 atom stereocenters. The number of rotatable bonds is 4. The summed E-state index contributed by atoms with van der Waals surface area (Å²) in [6.45, 7) is 4.39. The fourth-order valence-electron chi connectivity index (χ4n) is 3.94. The van der Waals surface area contributed by atoms with Crippen molar-refractivity contribution in [2.75, 3.05) is 64.5 Å². The van der Waals surface area contributed by atoms with Gasteiger partial charge < -0.3 is 14.7 Å². The fourth-order valence-corrected chi connectivity index (χ4v) is 4.82. The summed E-state index contributed by atoms with van der Waals surface area (Å²) in [5.41, 5.74) is 1.01. The zero-order valence-electron chi connectivity index (χ0n) is 18.0. The first-order chi connectivity index (χ1) is 14.1. The minimum absolute atomic E-state index is 0.00970. The molecule has 2 aliphatic rings. The summed E-state index contributed by atoms with van der Waals surface area (Å²) >= 11 is 0. The second-order valence-electron chi connectivity index (χ2n) is 8.12. The van der Waals surface area contributed by atoms with Crippen LogP contribution in [0, 0.1) is 0 Å². The van der Waals surface area contributed by atoms with E-state index in [0.29, 0.717) is 69.3 Å². The van der Waals surface area contributed by atoms with Crippen molar-refractivity contribution in [2.45, 2.75) is 25.7 Å². The number of carbonyl (C=O) groups is 2. The first kappa shape index (κ1) is 22.4. The van der Waals surface area contributed by atoms with Crippen molar-refractivity contribution >= 4 is 27.8 Å². The van der Waals surface area contributed by atoms with Crippen LogP contribution in [0.4, 0.5) is 5.95 Å². The highest BCUT2D eigenvalue weighted by molar-refractivity contribution is 7.88. The zero-order valence-corrected chi connectivity index (χ0v) is 18.9. The van der Waals surface area contributed by atoms with Gasteiger partial charge >= 0.3 is 0 Å². The van der Waals surface area contributed by atoms with Crippen LogP contribution in [0.25, 0.3) is 0 Å². The minimum atomic E-state index is -3.30. The van der Waals surface area contributed by atoms with Crippen LogP contribution in [-0.2, 0) is 14.8 Å². The molecule has 2 saturated heterocycles. The Morgan fingerprint density at radius 3 is 2.37 bits per heavy atom. The van der Waals surface area contributed by atoms with E-state index in [4.69, 9.17) is 0 Å². The largest absolute Gasteiger partial charge is 0.347 e. The highest BCUT2D eigenvalue weighted by atomic mass is 32.2. The third-order valence-corrected chi connectivity index (χ3v) is 6.94. The van der Waals surface area contributed by atoms with E-state index in [0.717, 1.165) is 0 Å². The zero-order chi connectivity index (χ0) is 22.1. The lowest BCUT2D eigenvalue weighted by Gasteiger charge is -2.24. The van der Waals surface area contributed by atoms with Crippen LogP contribution in [0.5, 0.6) is 0 Å². The number of nitrogens with zero attached hydrogens (tertiary/aromatic N) is 6. The fraction of sp³-hybridized carbons (Fsp3) is 0.684. The molecule has 2 fully saturated rings. The molecule has 11 heteroatoms. The molecule has 0 saturated carbocycles. The average Bonchev–Trinajstić information content (AvgIpc) is 3.05. The lowest BCUT2D eigenvalue weighted by atomic mass is 9.99. The van der Waals surface area contributed by atoms with Crippen molar-refractivity contribution in [2.24, 2.45) is 0 Å². The number of anilines is 1. The van der Waals surface area contributed by atoms with Gasteiger partial charge in [0.2, 0.25) is 21.9 Å². The van der Waals surface area contributed by atoms with Crippen LogP contribution >= 0.6 is 0 Å². The van der Waals surface area contributed by atoms with E-state index in [9.17, 15) is 18.0 Å². The molecule has 0 bridgehead atoms. The van der Waals surface area contributed by atoms with E-state index >= 15 is 0 Å². The Morgan fingerprint density at radius 2 is 1.77 bits per heavy atom. The number of hydrogen-bond acceptors (Lipinski definition) is 7. The molecule has 0 aromatic carbocycles. The van der Waals surface area contributed by atoms with Crippen molar-refractivity contribution in [3.8, 4) is 0 Å². The van der Waals surface area contributed by atoms with Crippen molar-refractivity contribution in [3.05, 3.63) is 17.5 Å². The Hall–Kier alpha value is -2.27. The number of aromatic nitrogens is 2. The van der Waals surface area contributed by atoms with Gasteiger partial charge in [-0.15, -0.1) is 0 Å². The molecular weight excluding hydrogens is 408 g/mol. The van der Waals surface area contributed by atoms with Gasteiger partial charge in [0.1, 0.15) is 0 Å². The molecule has 166 valence electrons. The Balaban J connectivity index is 1.89. The smallest absolute Gasteiger partial charge is 0.257 e. The molecule has 2 aliphatic heterocycles. The first-order valence-electron chi connectivity index (χ1n) is 10.1. The van der Waals surface area contributed by atoms with Crippen LogP contribution in [-0.4, -0.2) is 104 Å². The quantitative estimate of drug-likeness (QED) is 0.650. The molecule has 30 heavy (non-hydrogen) atoms. The summed E-state index contributed by atoms with van der Waals surface area (Å²) in [6.07, 6.45) is 4.07. The Morgan fingerprint density at radius 1 is 1.10 bits per heavy atom. The molecule has 10 nitrogen and oxygen atoms in total. The predicted molar refractivity (Wildman–Crippen MR) is 113 cm³/mol. The van der Waals surface area contributed by atoms with Gasteiger partial charge in [-0.3, -0.25) is 9.59 Å². The van der Waals surface area contributed by atoms with Crippen molar-refractivity contribution in [1.29, 1.82) is 0 Å². The summed E-state index contributed by atoms with van der Waals surface area (Å²) in [5, 5.41) is 0. The summed E-state index contributed by atoms with van der Waals surface area (Å²) in [6, 6.07) is 0. The van der Waals surface area contributed by atoms with Gasteiger partial charge in [-0.05, 0) is 12.8 Å². The minimum Gasteiger partial charge on any atom is -0.347 e. The lowest BCUT2D eigenvalue weighted by molar-refractivity contribution is -0.128. The Bertz CT molecular complexity index is 920. The molecule has 2 amide bonds. The number of amides is 2. The predicted octanol–water partition coefficient (Wildman–Crippen LogP) is -0.0141. The molecule has 0 N–H and O–H groups in total. The second-order valence-corrected chi connectivity index (χ2v) is 10.1. The third-order valence-electron chi connectivity index (χ3n) is 5.67. The van der Waals surface area contributed by atoms with Crippen molar-refractivity contribution < 1.29 is 18.0 Å². The van der Waals surface area contributed by atoms with E-state index < -0.39 is 10.0 Å². The average molecular weight is 439 g/mol. The molecule has 0 aliphatic carbocycles. The molecule has 3 heterocycles. The topological polar surface area (TPSA) is 107 Å². The summed E-state index contributed by atoms with van der Waals surface area (Å²) in [5.74, 6) is 0.160. The van der Waals surface area contributed by atoms with Gasteiger partial charge in [0.25, 0.3) is 5.91 Å². The first-order valence-corrected chi connectivity index (χ1v) is 12.0. The van der Waals surface area contributed by atoms with E-state index in [-0.39, 0.29) is 17.7 Å². The maximum atomic E-state index is 13.4. The Labute approximate surface area is 177 Å². The van der Waals surface area contributed by atoms with Gasteiger partial charge in [0.05, 0.1) is 17.5 Å². The molecular formula is C19H30N6O4S. The van der Waals surface area contributed by atoms with Crippen LogP contribution in [0.15, 0.2) is 6.20 Å². The molecule has 0 radical (unpaired) electrons. The van der Waals surface area contributed by atoms with Gasteiger partial charge in [-0.1, -0.05) is 0 Å². The number of sulfonamides is 1. The van der Waals surface area contributed by atoms with Crippen LogP contribution in [0.1, 0.15) is 41.7 Å². The van der Waals surface area contributed by atoms with E-state index in [1.807, 2.05) is 14.1 Å². The number of hydrogen-bond donors (Lipinski definition) is 0. The highest BCUT2D eigenvalue weighted by Gasteiger charge is 2.34. The standard InChI is InChI=1S/C19H30N6O4S/c1-14(26)23-7-5-8-24(11-10-23)18(27)16-12-20-19(22(2)3)21-17(16)15-6-9-25(13-15)30(4,28)29/h12,15H,5-11,13H2,1-4H3. The van der Waals surface area contributed by atoms with E-state index in [1.165, 1.54) is 17.5 Å². The van der Waals surface area contributed by atoms with Gasteiger partial charge in [0.15, 0.2) is 0 Å². The summed E-state index contributed by atoms with van der Waals surface area (Å²) in [7, 11) is 0.349. The highest BCUT2D eigenvalue weighted by Crippen LogP contribution is 2.31. The molecule has 1 aromatic rings. The van der Waals surface area contributed by atoms with E-state index in [2.05, 4.69) is 9.97 Å². The monoisotopic (exact) mass is 438 g/mol. The van der Waals surface area contributed by atoms with Crippen molar-refractivity contribution in [1.82, 2.24) is 24.1 Å². The van der Waals surface area contributed by atoms with Gasteiger partial charge in [-0.25, -0.2) is 22.7 Å². The SMILES string of the molecule is CC(=O)N1CCCN(C(=O)c2cnc(N(C)C)nc2C2CCN(S(C)(=O)=O)C2)CC1. The molecule has 1 aromatic heterocycles. The number of carbonyl (C=O) groups excluding carboxylic acids is 2. The lowest BCUT2D eigenvalue weighted by Crippen LogP contribution is -2.37. The normalized spacial score (nSPS) is 20.9.